The molecule has 0 aliphatic rings. The summed E-state index contributed by atoms with van der Waals surface area (Å²) in [5, 5.41) is 12.8. The topological polar surface area (TPSA) is 94.7 Å². The molecule has 3 rings (SSSR count). The van der Waals surface area contributed by atoms with Crippen LogP contribution in [0.2, 0.25) is 0 Å². The van der Waals surface area contributed by atoms with Crippen LogP contribution in [0.25, 0.3) is 22.8 Å². The minimum atomic E-state index is -1.06. The molecule has 0 aliphatic heterocycles. The number of hydrogen-bond donors (Lipinski definition) is 1. The molecule has 3 aromatic rings. The first-order chi connectivity index (χ1) is 12.6. The zero-order chi connectivity index (χ0) is 18.5. The first kappa shape index (κ1) is 17.5. The zero-order valence-corrected chi connectivity index (χ0v) is 14.4. The minimum absolute atomic E-state index is 0.348. The molecular weight excluding hydrogens is 336 g/mol. The summed E-state index contributed by atoms with van der Waals surface area (Å²) in [4.78, 5) is 15.1. The fourth-order valence-electron chi connectivity index (χ4n) is 2.44. The Morgan fingerprint density at radius 3 is 2.69 bits per heavy atom. The molecule has 2 aromatic carbocycles. The maximum Gasteiger partial charge on any atom is 0.341 e. The third-order valence-electron chi connectivity index (χ3n) is 3.65. The van der Waals surface area contributed by atoms with Crippen molar-refractivity contribution in [3.63, 3.8) is 0 Å². The van der Waals surface area contributed by atoms with Gasteiger partial charge in [-0.25, -0.2) is 4.79 Å². The van der Waals surface area contributed by atoms with Gasteiger partial charge in [0.25, 0.3) is 5.89 Å². The molecule has 1 aromatic heterocycles. The van der Waals surface area contributed by atoms with Crippen molar-refractivity contribution >= 4 is 5.97 Å². The molecule has 134 valence electrons. The third kappa shape index (κ3) is 3.83. The van der Waals surface area contributed by atoms with Crippen molar-refractivity contribution in [2.24, 2.45) is 0 Å². The van der Waals surface area contributed by atoms with Gasteiger partial charge in [0.05, 0.1) is 6.61 Å². The fourth-order valence-corrected chi connectivity index (χ4v) is 2.44. The molecule has 7 nitrogen and oxygen atoms in total. The quantitative estimate of drug-likeness (QED) is 0.693. The van der Waals surface area contributed by atoms with Crippen LogP contribution in [0, 0.1) is 6.92 Å². The normalized spacial score (nSPS) is 10.5. The summed E-state index contributed by atoms with van der Waals surface area (Å²) in [6, 6.07) is 12.8. The van der Waals surface area contributed by atoms with Gasteiger partial charge in [-0.2, -0.15) is 4.98 Å². The van der Waals surface area contributed by atoms with Crippen LogP contribution in [-0.4, -0.2) is 34.4 Å². The summed E-state index contributed by atoms with van der Waals surface area (Å²) in [6.45, 7) is 3.77. The standard InChI is InChI=1S/C19H18N2O5/c1-3-24-16-10-13(8-9-15(16)25-11-17(22)23)18-20-19(26-21-18)14-7-5-4-6-12(14)2/h4-10H,3,11H2,1-2H3,(H,22,23). The molecule has 1 heterocycles. The Morgan fingerprint density at radius 2 is 1.96 bits per heavy atom. The van der Waals surface area contributed by atoms with Crippen LogP contribution >= 0.6 is 0 Å². The van der Waals surface area contributed by atoms with Crippen molar-refractivity contribution in [1.82, 2.24) is 10.1 Å². The molecule has 1 N–H and O–H groups in total. The van der Waals surface area contributed by atoms with Gasteiger partial charge in [0.15, 0.2) is 18.1 Å². The maximum atomic E-state index is 10.7. The molecule has 7 heteroatoms. The van der Waals surface area contributed by atoms with E-state index >= 15 is 0 Å². The molecule has 0 radical (unpaired) electrons. The van der Waals surface area contributed by atoms with Crippen LogP contribution in [0.5, 0.6) is 11.5 Å². The van der Waals surface area contributed by atoms with Gasteiger partial charge < -0.3 is 19.1 Å². The van der Waals surface area contributed by atoms with E-state index in [1.807, 2.05) is 38.1 Å². The lowest BCUT2D eigenvalue weighted by molar-refractivity contribution is -0.139. The molecule has 0 atom stereocenters. The molecule has 0 saturated carbocycles. The number of aliphatic carboxylic acids is 1. The second kappa shape index (κ2) is 7.69. The Labute approximate surface area is 150 Å². The smallest absolute Gasteiger partial charge is 0.341 e. The predicted molar refractivity (Wildman–Crippen MR) is 94.2 cm³/mol. The van der Waals surface area contributed by atoms with Gasteiger partial charge in [-0.1, -0.05) is 23.4 Å². The van der Waals surface area contributed by atoms with Crippen molar-refractivity contribution in [2.75, 3.05) is 13.2 Å². The summed E-state index contributed by atoms with van der Waals surface area (Å²) >= 11 is 0. The van der Waals surface area contributed by atoms with Gasteiger partial charge >= 0.3 is 5.97 Å². The molecular formula is C19H18N2O5. The maximum absolute atomic E-state index is 10.7. The first-order valence-corrected chi connectivity index (χ1v) is 8.10. The highest BCUT2D eigenvalue weighted by atomic mass is 16.5. The Hall–Kier alpha value is -3.35. The Morgan fingerprint density at radius 1 is 1.15 bits per heavy atom. The second-order valence-corrected chi connectivity index (χ2v) is 5.51. The lowest BCUT2D eigenvalue weighted by atomic mass is 10.1. The first-order valence-electron chi connectivity index (χ1n) is 8.10. The van der Waals surface area contributed by atoms with E-state index in [0.29, 0.717) is 35.4 Å². The number of rotatable bonds is 7. The average molecular weight is 354 g/mol. The molecule has 0 unspecified atom stereocenters. The van der Waals surface area contributed by atoms with Crippen LogP contribution in [0.4, 0.5) is 0 Å². The predicted octanol–water partition coefficient (Wildman–Crippen LogP) is 3.57. The van der Waals surface area contributed by atoms with Gasteiger partial charge in [-0.3, -0.25) is 0 Å². The molecule has 0 spiro atoms. The van der Waals surface area contributed by atoms with E-state index in [1.165, 1.54) is 0 Å². The Balaban J connectivity index is 1.91. The van der Waals surface area contributed by atoms with E-state index in [0.717, 1.165) is 11.1 Å². The Kier molecular flexibility index (Phi) is 5.17. The van der Waals surface area contributed by atoms with E-state index in [9.17, 15) is 4.79 Å². The molecule has 0 bridgehead atoms. The SMILES string of the molecule is CCOc1cc(-c2noc(-c3ccccc3C)n2)ccc1OCC(=O)O. The lowest BCUT2D eigenvalue weighted by Gasteiger charge is -2.11. The second-order valence-electron chi connectivity index (χ2n) is 5.51. The van der Waals surface area contributed by atoms with Crippen LogP contribution in [-0.2, 0) is 4.79 Å². The van der Waals surface area contributed by atoms with Crippen molar-refractivity contribution in [2.45, 2.75) is 13.8 Å². The molecule has 0 amide bonds. The van der Waals surface area contributed by atoms with Crippen LogP contribution < -0.4 is 9.47 Å². The van der Waals surface area contributed by atoms with Crippen molar-refractivity contribution in [1.29, 1.82) is 0 Å². The third-order valence-corrected chi connectivity index (χ3v) is 3.65. The summed E-state index contributed by atoms with van der Waals surface area (Å²) in [6.07, 6.45) is 0. The number of aryl methyl sites for hydroxylation is 1. The molecule has 0 fully saturated rings. The average Bonchev–Trinajstić information content (AvgIpc) is 3.11. The van der Waals surface area contributed by atoms with Gasteiger partial charge in [0.2, 0.25) is 5.82 Å². The van der Waals surface area contributed by atoms with E-state index < -0.39 is 12.6 Å². The van der Waals surface area contributed by atoms with Gasteiger partial charge in [-0.15, -0.1) is 0 Å². The number of carbonyl (C=O) groups is 1. The largest absolute Gasteiger partial charge is 0.490 e. The molecule has 0 saturated heterocycles. The number of aromatic nitrogens is 2. The molecule has 0 aliphatic carbocycles. The van der Waals surface area contributed by atoms with Crippen LogP contribution in [0.1, 0.15) is 12.5 Å². The summed E-state index contributed by atoms with van der Waals surface area (Å²) < 4.78 is 16.2. The number of benzene rings is 2. The highest BCUT2D eigenvalue weighted by Gasteiger charge is 2.15. The van der Waals surface area contributed by atoms with Crippen molar-refractivity contribution in [3.05, 3.63) is 48.0 Å². The number of hydrogen-bond acceptors (Lipinski definition) is 6. The minimum Gasteiger partial charge on any atom is -0.490 e. The van der Waals surface area contributed by atoms with Crippen LogP contribution in [0.15, 0.2) is 47.0 Å². The highest BCUT2D eigenvalue weighted by Crippen LogP contribution is 2.33. The number of carboxylic acids is 1. The number of carboxylic acid groups (broad SMARTS) is 1. The fraction of sp³-hybridized carbons (Fsp3) is 0.211. The van der Waals surface area contributed by atoms with Crippen molar-refractivity contribution < 1.29 is 23.9 Å². The van der Waals surface area contributed by atoms with Gasteiger partial charge in [0.1, 0.15) is 0 Å². The van der Waals surface area contributed by atoms with Crippen LogP contribution in [0.3, 0.4) is 0 Å². The number of ether oxygens (including phenoxy) is 2. The van der Waals surface area contributed by atoms with Gasteiger partial charge in [-0.05, 0) is 43.7 Å². The van der Waals surface area contributed by atoms with Crippen molar-refractivity contribution in [3.8, 4) is 34.3 Å². The number of nitrogens with zero attached hydrogens (tertiary/aromatic N) is 2. The van der Waals surface area contributed by atoms with Gasteiger partial charge in [0, 0.05) is 11.1 Å². The molecule has 26 heavy (non-hydrogen) atoms. The van der Waals surface area contributed by atoms with E-state index in [2.05, 4.69) is 10.1 Å². The summed E-state index contributed by atoms with van der Waals surface area (Å²) in [7, 11) is 0. The Bertz CT molecular complexity index is 920. The zero-order valence-electron chi connectivity index (χ0n) is 14.4. The van der Waals surface area contributed by atoms with E-state index in [1.54, 1.807) is 18.2 Å². The van der Waals surface area contributed by atoms with E-state index in [-0.39, 0.29) is 0 Å². The lowest BCUT2D eigenvalue weighted by Crippen LogP contribution is -2.10. The monoisotopic (exact) mass is 354 g/mol. The summed E-state index contributed by atoms with van der Waals surface area (Å²) in [5.41, 5.74) is 2.59. The summed E-state index contributed by atoms with van der Waals surface area (Å²) in [5.74, 6) is 0.558. The van der Waals surface area contributed by atoms with E-state index in [4.69, 9.17) is 19.1 Å². The highest BCUT2D eigenvalue weighted by molar-refractivity contribution is 5.69.